The molecule has 7 heteroatoms. The number of benzene rings is 7. The summed E-state index contributed by atoms with van der Waals surface area (Å²) in [5.41, 5.74) is 12.0. The van der Waals surface area contributed by atoms with Crippen LogP contribution in [0.15, 0.2) is 164 Å². The average Bonchev–Trinajstić information content (AvgIpc) is 3.97. The summed E-state index contributed by atoms with van der Waals surface area (Å²) >= 11 is 0. The first-order chi connectivity index (χ1) is 27.3. The average molecular weight is 702 g/mol. The largest absolute Gasteiger partial charge is 0.309 e. The Kier molecular flexibility index (Phi) is 5.51. The second-order valence-corrected chi connectivity index (χ2v) is 14.3. The summed E-state index contributed by atoms with van der Waals surface area (Å²) in [6.07, 6.45) is 0. The number of rotatable bonds is 3. The zero-order chi connectivity index (χ0) is 35.8. The Balaban J connectivity index is 1.18. The summed E-state index contributed by atoms with van der Waals surface area (Å²) in [6, 6.07) is 57.7. The summed E-state index contributed by atoms with van der Waals surface area (Å²) < 4.78 is 6.79. The molecule has 0 atom stereocenters. The van der Waals surface area contributed by atoms with Gasteiger partial charge >= 0.3 is 0 Å². The van der Waals surface area contributed by atoms with E-state index in [0.29, 0.717) is 17.5 Å². The first kappa shape index (κ1) is 28.9. The highest BCUT2D eigenvalue weighted by molar-refractivity contribution is 6.26. The van der Waals surface area contributed by atoms with Crippen molar-refractivity contribution in [2.75, 3.05) is 0 Å². The second-order valence-electron chi connectivity index (χ2n) is 14.3. The van der Waals surface area contributed by atoms with Gasteiger partial charge in [0, 0.05) is 49.1 Å². The third kappa shape index (κ3) is 3.73. The predicted octanol–water partition coefficient (Wildman–Crippen LogP) is 11.4. The molecule has 1 aliphatic carbocycles. The molecule has 0 radical (unpaired) electrons. The van der Waals surface area contributed by atoms with Crippen LogP contribution in [0.1, 0.15) is 0 Å². The van der Waals surface area contributed by atoms with Crippen LogP contribution < -0.4 is 0 Å². The Morgan fingerprint density at radius 3 is 1.40 bits per heavy atom. The standard InChI is InChI=1S/C48H27N7/c1-2-14-28(15-3-1)53-39-25-13-9-21-35(39)41-40(53)27-26-34-31-18-8-12-24-38(31)55(45(34)41)48-50-44-33-20-5-4-19-32(33)43-42(44)46(52-48)51-47(49-43)54-36-22-10-6-16-29(36)30-17-7-11-23-37(30)54/h1-27H. The molecule has 0 bridgehead atoms. The molecule has 7 aromatic carbocycles. The first-order valence-electron chi connectivity index (χ1n) is 18.5. The number of aromatic nitrogens is 7. The van der Waals surface area contributed by atoms with Gasteiger partial charge in [0.05, 0.1) is 49.9 Å². The minimum Gasteiger partial charge on any atom is -0.309 e. The summed E-state index contributed by atoms with van der Waals surface area (Å²) in [6.45, 7) is 0. The molecule has 55 heavy (non-hydrogen) atoms. The third-order valence-corrected chi connectivity index (χ3v) is 11.4. The van der Waals surface area contributed by atoms with Gasteiger partial charge in [-0.3, -0.25) is 9.13 Å². The zero-order valence-corrected chi connectivity index (χ0v) is 29.2. The van der Waals surface area contributed by atoms with Gasteiger partial charge in [0.25, 0.3) is 0 Å². The molecular formula is C48H27N7. The van der Waals surface area contributed by atoms with Gasteiger partial charge in [-0.2, -0.15) is 9.97 Å². The molecule has 0 saturated carbocycles. The van der Waals surface area contributed by atoms with Gasteiger partial charge in [-0.25, -0.2) is 9.97 Å². The highest BCUT2D eigenvalue weighted by Crippen LogP contribution is 2.47. The van der Waals surface area contributed by atoms with E-state index in [-0.39, 0.29) is 0 Å². The van der Waals surface area contributed by atoms with E-state index in [0.717, 1.165) is 93.6 Å². The molecule has 0 unspecified atom stereocenters. The molecule has 0 N–H and O–H groups in total. The summed E-state index contributed by atoms with van der Waals surface area (Å²) in [7, 11) is 0. The Morgan fingerprint density at radius 2 is 0.782 bits per heavy atom. The summed E-state index contributed by atoms with van der Waals surface area (Å²) in [5, 5.41) is 7.81. The normalized spacial score (nSPS) is 12.4. The maximum absolute atomic E-state index is 5.46. The van der Waals surface area contributed by atoms with Gasteiger partial charge in [0.2, 0.25) is 11.9 Å². The lowest BCUT2D eigenvalue weighted by Gasteiger charge is -2.12. The van der Waals surface area contributed by atoms with Gasteiger partial charge in [-0.05, 0) is 42.5 Å². The topological polar surface area (TPSA) is 66.3 Å². The molecule has 7 nitrogen and oxygen atoms in total. The van der Waals surface area contributed by atoms with E-state index >= 15 is 0 Å². The quantitative estimate of drug-likeness (QED) is 0.184. The smallest absolute Gasteiger partial charge is 0.237 e. The number of hydrogen-bond acceptors (Lipinski definition) is 4. The van der Waals surface area contributed by atoms with E-state index in [1.54, 1.807) is 0 Å². The molecule has 0 aliphatic heterocycles. The monoisotopic (exact) mass is 701 g/mol. The number of para-hydroxylation sites is 5. The van der Waals surface area contributed by atoms with Gasteiger partial charge in [-0.15, -0.1) is 0 Å². The maximum atomic E-state index is 5.46. The first-order valence-corrected chi connectivity index (χ1v) is 18.5. The van der Waals surface area contributed by atoms with E-state index in [2.05, 4.69) is 177 Å². The Bertz CT molecular complexity index is 3550. The van der Waals surface area contributed by atoms with E-state index in [1.807, 2.05) is 0 Å². The van der Waals surface area contributed by atoms with E-state index in [4.69, 9.17) is 19.9 Å². The lowest BCUT2D eigenvalue weighted by molar-refractivity contribution is 0.977. The molecule has 1 aliphatic rings. The van der Waals surface area contributed by atoms with E-state index in [9.17, 15) is 0 Å². The van der Waals surface area contributed by atoms with Crippen LogP contribution in [-0.2, 0) is 0 Å². The van der Waals surface area contributed by atoms with Crippen LogP contribution in [0.3, 0.4) is 0 Å². The van der Waals surface area contributed by atoms with Crippen molar-refractivity contribution in [1.29, 1.82) is 0 Å². The van der Waals surface area contributed by atoms with Crippen LogP contribution in [0.5, 0.6) is 0 Å². The summed E-state index contributed by atoms with van der Waals surface area (Å²) in [5.74, 6) is 1.16. The Hall–Kier alpha value is -7.64. The third-order valence-electron chi connectivity index (χ3n) is 11.4. The fourth-order valence-corrected chi connectivity index (χ4v) is 9.21. The highest BCUT2D eigenvalue weighted by atomic mass is 15.2. The van der Waals surface area contributed by atoms with Crippen molar-refractivity contribution >= 4 is 76.5 Å². The number of hydrogen-bond donors (Lipinski definition) is 0. The predicted molar refractivity (Wildman–Crippen MR) is 223 cm³/mol. The molecule has 5 heterocycles. The van der Waals surface area contributed by atoms with Crippen LogP contribution in [0.2, 0.25) is 0 Å². The molecule has 12 aromatic rings. The van der Waals surface area contributed by atoms with Crippen LogP contribution in [0.25, 0.3) is 117 Å². The van der Waals surface area contributed by atoms with Crippen molar-refractivity contribution < 1.29 is 0 Å². The van der Waals surface area contributed by atoms with Gasteiger partial charge in [0.15, 0.2) is 5.65 Å². The molecular weight excluding hydrogens is 675 g/mol. The zero-order valence-electron chi connectivity index (χ0n) is 29.2. The molecule has 0 spiro atoms. The SMILES string of the molecule is c1ccc(-n2c3ccccc3c3c2ccc2c4ccccc4n(-c4nc5c6c(nc(-n7c8ccccc8c8ccccc87)nc6n4)-c4ccccc4-5)c23)cc1. The minimum absolute atomic E-state index is 0.576. The molecule has 13 rings (SSSR count). The van der Waals surface area contributed by atoms with Crippen LogP contribution in [0, 0.1) is 0 Å². The minimum atomic E-state index is 0.576. The molecule has 5 aromatic heterocycles. The van der Waals surface area contributed by atoms with Crippen molar-refractivity contribution in [2.45, 2.75) is 0 Å². The molecule has 254 valence electrons. The van der Waals surface area contributed by atoms with Gasteiger partial charge in [-0.1, -0.05) is 121 Å². The lowest BCUT2D eigenvalue weighted by Crippen LogP contribution is -2.07. The summed E-state index contributed by atoms with van der Waals surface area (Å²) in [4.78, 5) is 21.5. The number of nitrogens with zero attached hydrogens (tertiary/aromatic N) is 7. The molecule has 0 saturated heterocycles. The molecule has 0 amide bonds. The fraction of sp³-hybridized carbons (Fsp3) is 0. The van der Waals surface area contributed by atoms with Crippen molar-refractivity contribution in [3.8, 4) is 40.1 Å². The van der Waals surface area contributed by atoms with Gasteiger partial charge in [0.1, 0.15) is 0 Å². The highest BCUT2D eigenvalue weighted by Gasteiger charge is 2.30. The van der Waals surface area contributed by atoms with Crippen molar-refractivity contribution in [3.63, 3.8) is 0 Å². The van der Waals surface area contributed by atoms with E-state index < -0.39 is 0 Å². The maximum Gasteiger partial charge on any atom is 0.237 e. The van der Waals surface area contributed by atoms with Crippen LogP contribution >= 0.6 is 0 Å². The van der Waals surface area contributed by atoms with Gasteiger partial charge < -0.3 is 4.57 Å². The fourth-order valence-electron chi connectivity index (χ4n) is 9.21. The van der Waals surface area contributed by atoms with E-state index in [1.165, 1.54) is 5.39 Å². The molecule has 0 fully saturated rings. The van der Waals surface area contributed by atoms with Crippen molar-refractivity contribution in [3.05, 3.63) is 164 Å². The Labute approximate surface area is 313 Å². The lowest BCUT2D eigenvalue weighted by atomic mass is 10.1. The van der Waals surface area contributed by atoms with Crippen molar-refractivity contribution in [2.24, 2.45) is 0 Å². The van der Waals surface area contributed by atoms with Crippen molar-refractivity contribution in [1.82, 2.24) is 33.6 Å². The van der Waals surface area contributed by atoms with Crippen LogP contribution in [-0.4, -0.2) is 33.6 Å². The number of fused-ring (bicyclic) bond motifs is 13. The Morgan fingerprint density at radius 1 is 0.309 bits per heavy atom. The van der Waals surface area contributed by atoms with Crippen LogP contribution in [0.4, 0.5) is 0 Å². The second kappa shape index (κ2) is 10.5.